The molecule has 0 saturated carbocycles. The third kappa shape index (κ3) is 2.58. The second-order valence-corrected chi connectivity index (χ2v) is 6.18. The summed E-state index contributed by atoms with van der Waals surface area (Å²) in [4.78, 5) is 33.3. The Morgan fingerprint density at radius 2 is 2.25 bits per heavy atom. The van der Waals surface area contributed by atoms with Gasteiger partial charge in [-0.3, -0.25) is 14.5 Å². The SMILES string of the molecule is O=C1CSC(=O)N1CCNc1nc(Cl)c2ccsc2n1. The molecule has 0 bridgehead atoms. The number of fused-ring (bicyclic) bond motifs is 1. The van der Waals surface area contributed by atoms with Crippen LogP contribution in [-0.4, -0.2) is 44.9 Å². The molecular formula is C11H9ClN4O2S2. The van der Waals surface area contributed by atoms with E-state index in [1.165, 1.54) is 16.2 Å². The Kier molecular flexibility index (Phi) is 3.77. The number of nitrogens with one attached hydrogen (secondary N) is 1. The summed E-state index contributed by atoms with van der Waals surface area (Å²) in [5.74, 6) is 0.466. The van der Waals surface area contributed by atoms with Crippen molar-refractivity contribution in [1.29, 1.82) is 0 Å². The highest BCUT2D eigenvalue weighted by atomic mass is 35.5. The summed E-state index contributed by atoms with van der Waals surface area (Å²) >= 11 is 8.55. The van der Waals surface area contributed by atoms with Crippen LogP contribution in [-0.2, 0) is 4.79 Å². The first-order chi connectivity index (χ1) is 9.65. The van der Waals surface area contributed by atoms with Crippen LogP contribution in [0.5, 0.6) is 0 Å². The number of hydrogen-bond donors (Lipinski definition) is 1. The lowest BCUT2D eigenvalue weighted by Gasteiger charge is -2.13. The molecule has 0 aliphatic carbocycles. The summed E-state index contributed by atoms with van der Waals surface area (Å²) in [6, 6.07) is 1.87. The van der Waals surface area contributed by atoms with Gasteiger partial charge in [-0.2, -0.15) is 0 Å². The number of thioether (sulfide) groups is 1. The van der Waals surface area contributed by atoms with Crippen LogP contribution in [0.15, 0.2) is 11.4 Å². The predicted octanol–water partition coefficient (Wildman–Crippen LogP) is 2.45. The zero-order valence-electron chi connectivity index (χ0n) is 10.1. The van der Waals surface area contributed by atoms with E-state index in [9.17, 15) is 9.59 Å². The molecule has 3 heterocycles. The van der Waals surface area contributed by atoms with Gasteiger partial charge < -0.3 is 5.32 Å². The van der Waals surface area contributed by atoms with Crippen LogP contribution in [0.3, 0.4) is 0 Å². The highest BCUT2D eigenvalue weighted by Crippen LogP contribution is 2.26. The minimum Gasteiger partial charge on any atom is -0.352 e. The fraction of sp³-hybridized carbons (Fsp3) is 0.273. The number of aromatic nitrogens is 2. The maximum absolute atomic E-state index is 11.4. The second-order valence-electron chi connectivity index (χ2n) is 4.00. The second kappa shape index (κ2) is 5.55. The van der Waals surface area contributed by atoms with Crippen molar-refractivity contribution < 1.29 is 9.59 Å². The number of rotatable bonds is 4. The minimum absolute atomic E-state index is 0.158. The first-order valence-electron chi connectivity index (χ1n) is 5.77. The minimum atomic E-state index is -0.204. The third-order valence-electron chi connectivity index (χ3n) is 2.74. The molecule has 0 unspecified atom stereocenters. The first kappa shape index (κ1) is 13.6. The molecule has 20 heavy (non-hydrogen) atoms. The molecule has 2 amide bonds. The van der Waals surface area contributed by atoms with E-state index in [4.69, 9.17) is 11.6 Å². The molecule has 1 aliphatic rings. The van der Waals surface area contributed by atoms with Crippen LogP contribution >= 0.6 is 34.7 Å². The molecule has 0 spiro atoms. The molecule has 0 atom stereocenters. The average molecular weight is 329 g/mol. The van der Waals surface area contributed by atoms with Gasteiger partial charge in [-0.15, -0.1) is 11.3 Å². The zero-order chi connectivity index (χ0) is 14.1. The van der Waals surface area contributed by atoms with Crippen molar-refractivity contribution in [3.63, 3.8) is 0 Å². The van der Waals surface area contributed by atoms with Crippen LogP contribution < -0.4 is 5.32 Å². The van der Waals surface area contributed by atoms with Crippen molar-refractivity contribution in [3.8, 4) is 0 Å². The highest BCUT2D eigenvalue weighted by Gasteiger charge is 2.29. The van der Waals surface area contributed by atoms with Gasteiger partial charge in [0.15, 0.2) is 0 Å². The largest absolute Gasteiger partial charge is 0.352 e. The van der Waals surface area contributed by atoms with Gasteiger partial charge in [-0.25, -0.2) is 9.97 Å². The van der Waals surface area contributed by atoms with Crippen molar-refractivity contribution in [2.24, 2.45) is 0 Å². The fourth-order valence-corrected chi connectivity index (χ4v) is 3.58. The number of imide groups is 1. The van der Waals surface area contributed by atoms with E-state index in [0.29, 0.717) is 24.2 Å². The number of hydrogen-bond acceptors (Lipinski definition) is 7. The smallest absolute Gasteiger partial charge is 0.288 e. The molecule has 1 N–H and O–H groups in total. The van der Waals surface area contributed by atoms with E-state index < -0.39 is 0 Å². The van der Waals surface area contributed by atoms with Gasteiger partial charge in [0.25, 0.3) is 5.24 Å². The predicted molar refractivity (Wildman–Crippen MR) is 80.5 cm³/mol. The number of anilines is 1. The van der Waals surface area contributed by atoms with Crippen molar-refractivity contribution in [3.05, 3.63) is 16.6 Å². The van der Waals surface area contributed by atoms with Gasteiger partial charge in [0.05, 0.1) is 5.75 Å². The van der Waals surface area contributed by atoms with Crippen LogP contribution in [0.1, 0.15) is 0 Å². The fourth-order valence-electron chi connectivity index (χ4n) is 1.77. The van der Waals surface area contributed by atoms with Gasteiger partial charge >= 0.3 is 0 Å². The van der Waals surface area contributed by atoms with Crippen LogP contribution in [0.25, 0.3) is 10.2 Å². The monoisotopic (exact) mass is 328 g/mol. The van der Waals surface area contributed by atoms with Crippen molar-refractivity contribution >= 4 is 62.0 Å². The van der Waals surface area contributed by atoms with E-state index in [1.807, 2.05) is 11.4 Å². The molecule has 1 fully saturated rings. The lowest BCUT2D eigenvalue weighted by Crippen LogP contribution is -2.33. The molecule has 104 valence electrons. The normalized spacial score (nSPS) is 15.3. The van der Waals surface area contributed by atoms with Crippen LogP contribution in [0.4, 0.5) is 10.7 Å². The summed E-state index contributed by atoms with van der Waals surface area (Å²) in [5, 5.41) is 5.89. The van der Waals surface area contributed by atoms with E-state index in [0.717, 1.165) is 22.0 Å². The number of amides is 2. The van der Waals surface area contributed by atoms with Gasteiger partial charge in [-0.1, -0.05) is 23.4 Å². The van der Waals surface area contributed by atoms with Crippen molar-refractivity contribution in [2.75, 3.05) is 24.2 Å². The Bertz CT molecular complexity index is 674. The Balaban J connectivity index is 1.65. The van der Waals surface area contributed by atoms with Crippen molar-refractivity contribution in [1.82, 2.24) is 14.9 Å². The molecule has 0 radical (unpaired) electrons. The van der Waals surface area contributed by atoms with Crippen molar-refractivity contribution in [2.45, 2.75) is 0 Å². The number of nitrogens with zero attached hydrogens (tertiary/aromatic N) is 3. The Morgan fingerprint density at radius 3 is 3.00 bits per heavy atom. The molecule has 9 heteroatoms. The Hall–Kier alpha value is -1.38. The molecule has 2 aromatic heterocycles. The van der Waals surface area contributed by atoms with Gasteiger partial charge in [0.1, 0.15) is 9.98 Å². The quantitative estimate of drug-likeness (QED) is 0.869. The topological polar surface area (TPSA) is 75.2 Å². The van der Waals surface area contributed by atoms with Crippen LogP contribution in [0.2, 0.25) is 5.15 Å². The number of carbonyl (C=O) groups is 2. The first-order valence-corrected chi connectivity index (χ1v) is 8.01. The maximum atomic E-state index is 11.4. The van der Waals surface area contributed by atoms with E-state index >= 15 is 0 Å². The third-order valence-corrected chi connectivity index (χ3v) is 4.69. The molecule has 1 saturated heterocycles. The summed E-state index contributed by atoms with van der Waals surface area (Å²) in [6.07, 6.45) is 0. The molecule has 1 aliphatic heterocycles. The molecule has 3 rings (SSSR count). The summed E-state index contributed by atoms with van der Waals surface area (Å²) in [6.45, 7) is 0.694. The molecule has 2 aromatic rings. The van der Waals surface area contributed by atoms with Crippen LogP contribution in [0, 0.1) is 0 Å². The van der Waals surface area contributed by atoms with Gasteiger partial charge in [0, 0.05) is 18.5 Å². The number of halogens is 1. The highest BCUT2D eigenvalue weighted by molar-refractivity contribution is 8.14. The van der Waals surface area contributed by atoms with Gasteiger partial charge in [0.2, 0.25) is 11.9 Å². The van der Waals surface area contributed by atoms with Gasteiger partial charge in [-0.05, 0) is 11.4 Å². The summed E-state index contributed by atoms with van der Waals surface area (Å²) in [5.41, 5.74) is 0. The van der Waals surface area contributed by atoms with E-state index in [-0.39, 0.29) is 16.9 Å². The number of carbonyl (C=O) groups excluding carboxylic acids is 2. The van der Waals surface area contributed by atoms with E-state index in [2.05, 4.69) is 15.3 Å². The lowest BCUT2D eigenvalue weighted by molar-refractivity contribution is -0.124. The molecule has 0 aromatic carbocycles. The maximum Gasteiger partial charge on any atom is 0.288 e. The number of thiophene rings is 1. The standard InChI is InChI=1S/C11H9ClN4O2S2/c12-8-6-1-4-19-9(6)15-10(14-8)13-2-3-16-7(17)5-20-11(16)18/h1,4H,2-3,5H2,(H,13,14,15). The average Bonchev–Trinajstić information content (AvgIpc) is 3.00. The van der Waals surface area contributed by atoms with E-state index in [1.54, 1.807) is 0 Å². The summed E-state index contributed by atoms with van der Waals surface area (Å²) < 4.78 is 0. The molecule has 6 nitrogen and oxygen atoms in total. The Morgan fingerprint density at radius 1 is 1.40 bits per heavy atom. The lowest BCUT2D eigenvalue weighted by atomic mass is 10.4. The summed E-state index contributed by atoms with van der Waals surface area (Å²) in [7, 11) is 0. The molecular weight excluding hydrogens is 320 g/mol. The zero-order valence-corrected chi connectivity index (χ0v) is 12.5. The Labute approximate surface area is 127 Å².